The quantitative estimate of drug-likeness (QED) is 0.722. The number of ketones is 1. The molecular weight excluding hydrogens is 162 g/mol. The monoisotopic (exact) mass is 183 g/mol. The predicted molar refractivity (Wildman–Crippen MR) is 54.7 cm³/mol. The van der Waals surface area contributed by atoms with Crippen molar-refractivity contribution >= 4 is 5.78 Å². The number of Topliss-reactive ketones (excluding diaryl/α,β-unsaturated/α-hetero) is 1. The van der Waals surface area contributed by atoms with E-state index in [0.717, 1.165) is 38.8 Å². The van der Waals surface area contributed by atoms with Crippen LogP contribution >= 0.6 is 0 Å². The fourth-order valence-corrected chi connectivity index (χ4v) is 2.12. The first-order valence-corrected chi connectivity index (χ1v) is 5.54. The summed E-state index contributed by atoms with van der Waals surface area (Å²) in [5.41, 5.74) is 0. The van der Waals surface area contributed by atoms with Gasteiger partial charge in [-0.2, -0.15) is 0 Å². The summed E-state index contributed by atoms with van der Waals surface area (Å²) in [4.78, 5) is 11.9. The van der Waals surface area contributed by atoms with Gasteiger partial charge in [-0.3, -0.25) is 4.79 Å². The molecule has 1 fully saturated rings. The average molecular weight is 183 g/mol. The van der Waals surface area contributed by atoms with Crippen LogP contribution in [0.4, 0.5) is 0 Å². The van der Waals surface area contributed by atoms with Gasteiger partial charge in [0.1, 0.15) is 5.78 Å². The van der Waals surface area contributed by atoms with E-state index in [4.69, 9.17) is 0 Å². The van der Waals surface area contributed by atoms with Gasteiger partial charge in [0.15, 0.2) is 0 Å². The molecule has 2 nitrogen and oxygen atoms in total. The fraction of sp³-hybridized carbons (Fsp3) is 0.909. The van der Waals surface area contributed by atoms with Crippen molar-refractivity contribution in [1.29, 1.82) is 0 Å². The number of carbonyl (C=O) groups excluding carboxylic acids is 1. The van der Waals surface area contributed by atoms with Gasteiger partial charge in [-0.05, 0) is 32.2 Å². The van der Waals surface area contributed by atoms with Crippen molar-refractivity contribution in [1.82, 2.24) is 5.32 Å². The summed E-state index contributed by atoms with van der Waals surface area (Å²) in [6.07, 6.45) is 4.27. The minimum Gasteiger partial charge on any atom is -0.316 e. The van der Waals surface area contributed by atoms with Gasteiger partial charge in [0.2, 0.25) is 0 Å². The molecule has 1 aliphatic heterocycles. The van der Waals surface area contributed by atoms with Gasteiger partial charge in [-0.15, -0.1) is 0 Å². The third kappa shape index (κ3) is 2.80. The first-order chi connectivity index (χ1) is 6.29. The number of carbonyl (C=O) groups is 1. The van der Waals surface area contributed by atoms with E-state index in [9.17, 15) is 4.79 Å². The molecule has 1 unspecified atom stereocenters. The first kappa shape index (κ1) is 10.7. The van der Waals surface area contributed by atoms with Gasteiger partial charge >= 0.3 is 0 Å². The highest BCUT2D eigenvalue weighted by Crippen LogP contribution is 2.19. The Morgan fingerprint density at radius 3 is 2.62 bits per heavy atom. The van der Waals surface area contributed by atoms with Crippen molar-refractivity contribution < 1.29 is 4.79 Å². The van der Waals surface area contributed by atoms with Gasteiger partial charge in [-0.25, -0.2) is 0 Å². The van der Waals surface area contributed by atoms with Crippen LogP contribution in [0.3, 0.4) is 0 Å². The van der Waals surface area contributed by atoms with Crippen LogP contribution in [0.2, 0.25) is 0 Å². The number of piperidine rings is 1. The molecular formula is C11H21NO. The summed E-state index contributed by atoms with van der Waals surface area (Å²) in [7, 11) is 0. The van der Waals surface area contributed by atoms with Crippen LogP contribution in [-0.4, -0.2) is 18.9 Å². The van der Waals surface area contributed by atoms with Crippen molar-refractivity contribution in [2.75, 3.05) is 13.1 Å². The lowest BCUT2D eigenvalue weighted by molar-refractivity contribution is -0.127. The highest BCUT2D eigenvalue weighted by molar-refractivity contribution is 5.83. The topological polar surface area (TPSA) is 29.1 Å². The molecule has 76 valence electrons. The number of nitrogens with one attached hydrogen (secondary N) is 1. The molecule has 13 heavy (non-hydrogen) atoms. The number of hydrogen-bond donors (Lipinski definition) is 1. The smallest absolute Gasteiger partial charge is 0.140 e. The summed E-state index contributed by atoms with van der Waals surface area (Å²) in [6, 6.07) is 0. The van der Waals surface area contributed by atoms with Crippen molar-refractivity contribution in [3.05, 3.63) is 0 Å². The molecule has 0 aromatic carbocycles. The summed E-state index contributed by atoms with van der Waals surface area (Å²) in [5.74, 6) is 1.11. The Hall–Kier alpha value is -0.370. The molecule has 1 heterocycles. The van der Waals surface area contributed by atoms with Crippen molar-refractivity contribution in [2.45, 2.75) is 39.5 Å². The molecule has 0 radical (unpaired) electrons. The summed E-state index contributed by atoms with van der Waals surface area (Å²) in [6.45, 7) is 6.23. The zero-order valence-corrected chi connectivity index (χ0v) is 8.81. The maximum Gasteiger partial charge on any atom is 0.140 e. The highest BCUT2D eigenvalue weighted by atomic mass is 16.1. The second-order valence-corrected chi connectivity index (χ2v) is 3.96. The zero-order valence-electron chi connectivity index (χ0n) is 8.81. The van der Waals surface area contributed by atoms with Crippen LogP contribution in [0.15, 0.2) is 0 Å². The Morgan fingerprint density at radius 1 is 1.46 bits per heavy atom. The third-order valence-corrected chi connectivity index (χ3v) is 3.09. The fourth-order valence-electron chi connectivity index (χ4n) is 2.12. The molecule has 2 heteroatoms. The molecule has 1 saturated heterocycles. The van der Waals surface area contributed by atoms with E-state index in [1.54, 1.807) is 0 Å². The second kappa shape index (κ2) is 5.38. The van der Waals surface area contributed by atoms with E-state index in [1.807, 2.05) is 0 Å². The Kier molecular flexibility index (Phi) is 4.43. The van der Waals surface area contributed by atoms with Crippen LogP contribution in [-0.2, 0) is 4.79 Å². The van der Waals surface area contributed by atoms with Crippen LogP contribution in [0, 0.1) is 11.8 Å². The van der Waals surface area contributed by atoms with Crippen molar-refractivity contribution in [3.8, 4) is 0 Å². The normalized spacial score (nSPS) is 23.5. The van der Waals surface area contributed by atoms with Gasteiger partial charge in [0.05, 0.1) is 0 Å². The van der Waals surface area contributed by atoms with Crippen LogP contribution < -0.4 is 5.32 Å². The third-order valence-electron chi connectivity index (χ3n) is 3.09. The molecule has 1 rings (SSSR count). The van der Waals surface area contributed by atoms with E-state index in [1.165, 1.54) is 0 Å². The van der Waals surface area contributed by atoms with Gasteiger partial charge in [-0.1, -0.05) is 13.8 Å². The molecule has 0 saturated carbocycles. The minimum atomic E-state index is 0.304. The molecule has 0 aromatic rings. The van der Waals surface area contributed by atoms with Gasteiger partial charge < -0.3 is 5.32 Å². The summed E-state index contributed by atoms with van der Waals surface area (Å²) < 4.78 is 0. The van der Waals surface area contributed by atoms with Crippen molar-refractivity contribution in [3.63, 3.8) is 0 Å². The van der Waals surface area contributed by atoms with Crippen LogP contribution in [0.5, 0.6) is 0 Å². The largest absolute Gasteiger partial charge is 0.316 e. The molecule has 0 spiro atoms. The van der Waals surface area contributed by atoms with E-state index in [0.29, 0.717) is 17.6 Å². The average Bonchev–Trinajstić information content (AvgIpc) is 2.21. The Labute approximate surface area is 81.1 Å². The maximum atomic E-state index is 11.9. The number of hydrogen-bond acceptors (Lipinski definition) is 2. The van der Waals surface area contributed by atoms with Crippen LogP contribution in [0.25, 0.3) is 0 Å². The Bertz CT molecular complexity index is 157. The summed E-state index contributed by atoms with van der Waals surface area (Å²) >= 11 is 0. The van der Waals surface area contributed by atoms with Gasteiger partial charge in [0, 0.05) is 18.4 Å². The van der Waals surface area contributed by atoms with Crippen LogP contribution in [0.1, 0.15) is 39.5 Å². The lowest BCUT2D eigenvalue weighted by atomic mass is 9.85. The van der Waals surface area contributed by atoms with E-state index in [-0.39, 0.29) is 0 Å². The molecule has 1 atom stereocenters. The van der Waals surface area contributed by atoms with Crippen molar-refractivity contribution in [2.24, 2.45) is 11.8 Å². The SMILES string of the molecule is CCC(CC)C(=O)C1CCCNC1. The minimum absolute atomic E-state index is 0.304. The standard InChI is InChI=1S/C11H21NO/c1-3-9(4-2)11(13)10-6-5-7-12-8-10/h9-10,12H,3-8H2,1-2H3. The number of rotatable bonds is 4. The lowest BCUT2D eigenvalue weighted by Crippen LogP contribution is -2.37. The predicted octanol–water partition coefficient (Wildman–Crippen LogP) is 1.99. The zero-order chi connectivity index (χ0) is 9.68. The van der Waals surface area contributed by atoms with E-state index in [2.05, 4.69) is 19.2 Å². The molecule has 0 amide bonds. The Balaban J connectivity index is 2.44. The molecule has 0 bridgehead atoms. The lowest BCUT2D eigenvalue weighted by Gasteiger charge is -2.24. The second-order valence-electron chi connectivity index (χ2n) is 3.96. The van der Waals surface area contributed by atoms with Gasteiger partial charge in [0.25, 0.3) is 0 Å². The molecule has 0 aliphatic carbocycles. The first-order valence-electron chi connectivity index (χ1n) is 5.54. The van der Waals surface area contributed by atoms with E-state index >= 15 is 0 Å². The Morgan fingerprint density at radius 2 is 2.15 bits per heavy atom. The molecule has 0 aromatic heterocycles. The summed E-state index contributed by atoms with van der Waals surface area (Å²) in [5, 5.41) is 3.30. The molecule has 1 N–H and O–H groups in total. The molecule has 1 aliphatic rings. The maximum absolute atomic E-state index is 11.9. The highest BCUT2D eigenvalue weighted by Gasteiger charge is 2.25. The van der Waals surface area contributed by atoms with E-state index < -0.39 is 0 Å².